The zero-order chi connectivity index (χ0) is 11.8. The van der Waals surface area contributed by atoms with E-state index in [1.54, 1.807) is 0 Å². The fourth-order valence-corrected chi connectivity index (χ4v) is 1.93. The molecule has 4 heteroatoms. The molecule has 2 nitrogen and oxygen atoms in total. The van der Waals surface area contributed by atoms with E-state index in [1.165, 1.54) is 6.92 Å². The molecule has 0 aromatic rings. The van der Waals surface area contributed by atoms with Crippen molar-refractivity contribution < 1.29 is 13.6 Å². The van der Waals surface area contributed by atoms with Gasteiger partial charge in [0.05, 0.1) is 6.04 Å². The zero-order valence-electron chi connectivity index (χ0n) is 9.60. The van der Waals surface area contributed by atoms with Gasteiger partial charge in [-0.1, -0.05) is 0 Å². The van der Waals surface area contributed by atoms with Crippen LogP contribution >= 0.6 is 0 Å². The van der Waals surface area contributed by atoms with Crippen LogP contribution in [0.25, 0.3) is 0 Å². The molecule has 1 aliphatic heterocycles. The molecule has 86 valence electrons. The highest BCUT2D eigenvalue weighted by Gasteiger charge is 2.39. The second kappa shape index (κ2) is 4.00. The Balaban J connectivity index is 2.97. The van der Waals surface area contributed by atoms with Gasteiger partial charge < -0.3 is 0 Å². The predicted molar refractivity (Wildman–Crippen MR) is 54.8 cm³/mol. The largest absolute Gasteiger partial charge is 0.298 e. The molecule has 0 aliphatic carbocycles. The Morgan fingerprint density at radius 3 is 2.20 bits per heavy atom. The Hall–Kier alpha value is -0.770. The van der Waals surface area contributed by atoms with Crippen LogP contribution in [0.1, 0.15) is 34.1 Å². The van der Waals surface area contributed by atoms with Crippen LogP contribution in [0.4, 0.5) is 8.78 Å². The molecular weight excluding hydrogens is 200 g/mol. The first-order chi connectivity index (χ1) is 6.73. The van der Waals surface area contributed by atoms with Crippen molar-refractivity contribution in [1.82, 2.24) is 4.90 Å². The second-order valence-electron chi connectivity index (χ2n) is 4.99. The summed E-state index contributed by atoms with van der Waals surface area (Å²) in [7, 11) is 0. The number of hydrogen-bond acceptors (Lipinski definition) is 2. The molecule has 0 amide bonds. The van der Waals surface area contributed by atoms with E-state index >= 15 is 0 Å². The van der Waals surface area contributed by atoms with Gasteiger partial charge in [0, 0.05) is 17.7 Å². The van der Waals surface area contributed by atoms with Gasteiger partial charge in [-0.25, -0.2) is 0 Å². The van der Waals surface area contributed by atoms with Crippen LogP contribution < -0.4 is 0 Å². The van der Waals surface area contributed by atoms with E-state index in [-0.39, 0.29) is 35.9 Å². The highest BCUT2D eigenvalue weighted by atomic mass is 19.3. The Morgan fingerprint density at radius 2 is 1.93 bits per heavy atom. The summed E-state index contributed by atoms with van der Waals surface area (Å²) < 4.78 is 25.0. The molecule has 1 rings (SSSR count). The number of hydrogen-bond donors (Lipinski definition) is 0. The minimum absolute atomic E-state index is 0.0406. The molecule has 0 saturated carbocycles. The molecule has 1 heterocycles. The molecule has 0 aromatic heterocycles. The van der Waals surface area contributed by atoms with Gasteiger partial charge in [-0.3, -0.25) is 9.69 Å². The molecule has 0 unspecified atom stereocenters. The minimum atomic E-state index is -1.63. The van der Waals surface area contributed by atoms with Gasteiger partial charge in [0.1, 0.15) is 5.78 Å². The summed E-state index contributed by atoms with van der Waals surface area (Å²) in [4.78, 5) is 13.2. The molecule has 0 bridgehead atoms. The van der Waals surface area contributed by atoms with Gasteiger partial charge in [-0.05, 0) is 34.1 Å². The van der Waals surface area contributed by atoms with Crippen molar-refractivity contribution in [3.8, 4) is 0 Å². The number of likely N-dealkylation sites (tertiary alicyclic amines) is 1. The van der Waals surface area contributed by atoms with Crippen LogP contribution in [0.2, 0.25) is 0 Å². The first-order valence-corrected chi connectivity index (χ1v) is 5.03. The van der Waals surface area contributed by atoms with Crippen molar-refractivity contribution in [1.29, 1.82) is 0 Å². The summed E-state index contributed by atoms with van der Waals surface area (Å²) in [5.41, 5.74) is -0.154. The maximum atomic E-state index is 12.5. The van der Waals surface area contributed by atoms with Gasteiger partial charge in [0.25, 0.3) is 6.08 Å². The van der Waals surface area contributed by atoms with E-state index in [2.05, 4.69) is 0 Å². The summed E-state index contributed by atoms with van der Waals surface area (Å²) in [6.45, 7) is 7.46. The molecule has 0 aromatic carbocycles. The molecule has 1 saturated heterocycles. The number of Topliss-reactive ketones (excluding diaryl/α,β-unsaturated/α-hetero) is 1. The minimum Gasteiger partial charge on any atom is -0.298 e. The SMILES string of the molecule is CC(=O)[C@@H]1CC(=C(F)F)CN1C(C)(C)C. The summed E-state index contributed by atoms with van der Waals surface area (Å²) in [5, 5.41) is 0. The quantitative estimate of drug-likeness (QED) is 0.673. The first-order valence-electron chi connectivity index (χ1n) is 5.03. The maximum absolute atomic E-state index is 12.5. The third-order valence-electron chi connectivity index (χ3n) is 2.78. The van der Waals surface area contributed by atoms with E-state index < -0.39 is 6.08 Å². The maximum Gasteiger partial charge on any atom is 0.270 e. The smallest absolute Gasteiger partial charge is 0.270 e. The molecule has 0 spiro atoms. The number of nitrogens with zero attached hydrogens (tertiary/aromatic N) is 1. The Morgan fingerprint density at radius 1 is 1.40 bits per heavy atom. The Kier molecular flexibility index (Phi) is 3.28. The first kappa shape index (κ1) is 12.3. The standard InChI is InChI=1S/C11H17F2NO/c1-7(15)9-5-8(10(12)13)6-14(9)11(2,3)4/h9H,5-6H2,1-4H3/t9-/m0/s1. The molecular formula is C11H17F2NO. The molecule has 0 radical (unpaired) electrons. The van der Waals surface area contributed by atoms with Gasteiger partial charge in [-0.2, -0.15) is 8.78 Å². The number of carbonyl (C=O) groups excluding carboxylic acids is 1. The monoisotopic (exact) mass is 217 g/mol. The topological polar surface area (TPSA) is 20.3 Å². The Bertz CT molecular complexity index is 300. The van der Waals surface area contributed by atoms with Gasteiger partial charge in [0.15, 0.2) is 0 Å². The van der Waals surface area contributed by atoms with Crippen molar-refractivity contribution in [2.24, 2.45) is 0 Å². The average molecular weight is 217 g/mol. The van der Waals surface area contributed by atoms with E-state index in [0.29, 0.717) is 0 Å². The average Bonchev–Trinajstić information content (AvgIpc) is 2.45. The van der Waals surface area contributed by atoms with Crippen LogP contribution in [0.15, 0.2) is 11.7 Å². The fraction of sp³-hybridized carbons (Fsp3) is 0.727. The number of ketones is 1. The molecule has 1 aliphatic rings. The summed E-state index contributed by atoms with van der Waals surface area (Å²) in [5.74, 6) is -0.0406. The summed E-state index contributed by atoms with van der Waals surface area (Å²) in [6, 6.07) is -0.388. The zero-order valence-corrected chi connectivity index (χ0v) is 9.60. The highest BCUT2D eigenvalue weighted by Crippen LogP contribution is 2.32. The van der Waals surface area contributed by atoms with Crippen molar-refractivity contribution in [3.63, 3.8) is 0 Å². The fourth-order valence-electron chi connectivity index (χ4n) is 1.93. The normalized spacial score (nSPS) is 23.3. The lowest BCUT2D eigenvalue weighted by molar-refractivity contribution is -0.122. The van der Waals surface area contributed by atoms with Gasteiger partial charge in [0.2, 0.25) is 0 Å². The van der Waals surface area contributed by atoms with E-state index in [0.717, 1.165) is 0 Å². The number of rotatable bonds is 1. The molecule has 15 heavy (non-hydrogen) atoms. The molecule has 1 fully saturated rings. The third kappa shape index (κ3) is 2.62. The second-order valence-corrected chi connectivity index (χ2v) is 4.99. The lowest BCUT2D eigenvalue weighted by atomic mass is 10.0. The van der Waals surface area contributed by atoms with Crippen molar-refractivity contribution in [2.75, 3.05) is 6.54 Å². The van der Waals surface area contributed by atoms with E-state index in [4.69, 9.17) is 0 Å². The van der Waals surface area contributed by atoms with E-state index in [9.17, 15) is 13.6 Å². The lowest BCUT2D eigenvalue weighted by Crippen LogP contribution is -2.47. The predicted octanol–water partition coefficient (Wildman–Crippen LogP) is 2.60. The van der Waals surface area contributed by atoms with Gasteiger partial charge >= 0.3 is 0 Å². The van der Waals surface area contributed by atoms with Crippen molar-refractivity contribution in [3.05, 3.63) is 11.7 Å². The van der Waals surface area contributed by atoms with Gasteiger partial charge in [-0.15, -0.1) is 0 Å². The van der Waals surface area contributed by atoms with Crippen LogP contribution in [-0.4, -0.2) is 28.8 Å². The van der Waals surface area contributed by atoms with Crippen molar-refractivity contribution >= 4 is 5.78 Å². The third-order valence-corrected chi connectivity index (χ3v) is 2.78. The summed E-state index contributed by atoms with van der Waals surface area (Å²) >= 11 is 0. The Labute approximate surface area is 88.9 Å². The number of carbonyl (C=O) groups is 1. The molecule has 0 N–H and O–H groups in total. The van der Waals surface area contributed by atoms with E-state index in [1.807, 2.05) is 25.7 Å². The highest BCUT2D eigenvalue weighted by molar-refractivity contribution is 5.82. The molecule has 1 atom stereocenters. The number of halogens is 2. The van der Waals surface area contributed by atoms with Crippen LogP contribution in [-0.2, 0) is 4.79 Å². The van der Waals surface area contributed by atoms with Crippen LogP contribution in [0.3, 0.4) is 0 Å². The van der Waals surface area contributed by atoms with Crippen LogP contribution in [0, 0.1) is 0 Å². The van der Waals surface area contributed by atoms with Crippen molar-refractivity contribution in [2.45, 2.75) is 45.7 Å². The van der Waals surface area contributed by atoms with Crippen LogP contribution in [0.5, 0.6) is 0 Å². The summed E-state index contributed by atoms with van der Waals surface area (Å²) in [6.07, 6.45) is -1.46. The lowest BCUT2D eigenvalue weighted by Gasteiger charge is -2.35.